The summed E-state index contributed by atoms with van der Waals surface area (Å²) in [5.74, 6) is -0.770. The molecule has 0 aliphatic carbocycles. The minimum Gasteiger partial charge on any atom is -0.507 e. The Morgan fingerprint density at radius 2 is 1.54 bits per heavy atom. The van der Waals surface area contributed by atoms with E-state index >= 15 is 0 Å². The standard InChI is InChI=1S/C30H26ClNO6S/c31-20-12-10-19(11-13-20)27(33)17-16-25-29(32(30(25)35)21-6-2-1-3-7-21)26-18-22(39(36,37)38)14-15-23(26)24-8-4-5-9-28(24)34/h1-15,18,25,27,29,33-34H,16-17H2,(H,36,37,38)/t25-,27+,29+/m1/s1. The van der Waals surface area contributed by atoms with Crippen molar-refractivity contribution in [1.29, 1.82) is 0 Å². The normalized spacial score (nSPS) is 18.0. The van der Waals surface area contributed by atoms with Gasteiger partial charge in [-0.1, -0.05) is 66.2 Å². The van der Waals surface area contributed by atoms with Crippen molar-refractivity contribution in [2.24, 2.45) is 5.92 Å². The average Bonchev–Trinajstić information content (AvgIpc) is 2.92. The summed E-state index contributed by atoms with van der Waals surface area (Å²) >= 11 is 5.97. The monoisotopic (exact) mass is 563 g/mol. The lowest BCUT2D eigenvalue weighted by molar-refractivity contribution is -0.131. The first-order chi connectivity index (χ1) is 18.6. The lowest BCUT2D eigenvalue weighted by Gasteiger charge is -2.48. The van der Waals surface area contributed by atoms with Crippen molar-refractivity contribution in [1.82, 2.24) is 0 Å². The van der Waals surface area contributed by atoms with Crippen LogP contribution in [0, 0.1) is 5.92 Å². The molecule has 9 heteroatoms. The van der Waals surface area contributed by atoms with Crippen LogP contribution in [0.2, 0.25) is 5.02 Å². The SMILES string of the molecule is O=C1[C@H](CC[C@H](O)c2ccc(Cl)cc2)[C@@H](c2cc(S(=O)(=O)O)ccc2-c2ccccc2O)N1c1ccccc1. The van der Waals surface area contributed by atoms with Crippen molar-refractivity contribution in [3.63, 3.8) is 0 Å². The van der Waals surface area contributed by atoms with E-state index in [0.717, 1.165) is 0 Å². The van der Waals surface area contributed by atoms with Crippen LogP contribution in [0.15, 0.2) is 102 Å². The second-order valence-electron chi connectivity index (χ2n) is 9.48. The summed E-state index contributed by atoms with van der Waals surface area (Å²) < 4.78 is 34.0. The van der Waals surface area contributed by atoms with E-state index in [0.29, 0.717) is 39.4 Å². The van der Waals surface area contributed by atoms with Crippen molar-refractivity contribution >= 4 is 33.3 Å². The Bertz CT molecular complexity index is 1610. The quantitative estimate of drug-likeness (QED) is 0.174. The molecule has 0 aromatic heterocycles. The first-order valence-electron chi connectivity index (χ1n) is 12.4. The lowest BCUT2D eigenvalue weighted by atomic mass is 9.76. The Morgan fingerprint density at radius 3 is 2.21 bits per heavy atom. The van der Waals surface area contributed by atoms with Crippen LogP contribution in [0.25, 0.3) is 11.1 Å². The van der Waals surface area contributed by atoms with E-state index in [1.165, 1.54) is 24.3 Å². The number of anilines is 1. The molecule has 0 radical (unpaired) electrons. The predicted octanol–water partition coefficient (Wildman–Crippen LogP) is 6.18. The fourth-order valence-electron chi connectivity index (χ4n) is 5.14. The summed E-state index contributed by atoms with van der Waals surface area (Å²) in [6, 6.07) is 26.0. The van der Waals surface area contributed by atoms with Gasteiger partial charge in [0.2, 0.25) is 5.91 Å². The minimum absolute atomic E-state index is 0.00928. The smallest absolute Gasteiger partial charge is 0.294 e. The Balaban J connectivity index is 1.58. The van der Waals surface area contributed by atoms with Gasteiger partial charge in [-0.2, -0.15) is 8.42 Å². The number of para-hydroxylation sites is 2. The number of aliphatic hydroxyl groups is 1. The number of phenols is 1. The van der Waals surface area contributed by atoms with Gasteiger partial charge in [-0.25, -0.2) is 0 Å². The summed E-state index contributed by atoms with van der Waals surface area (Å²) in [5, 5.41) is 22.0. The van der Waals surface area contributed by atoms with Crippen molar-refractivity contribution < 1.29 is 28.0 Å². The van der Waals surface area contributed by atoms with Gasteiger partial charge in [-0.3, -0.25) is 9.35 Å². The number of hydrogen-bond donors (Lipinski definition) is 3. The predicted molar refractivity (Wildman–Crippen MR) is 149 cm³/mol. The second-order valence-corrected chi connectivity index (χ2v) is 11.3. The van der Waals surface area contributed by atoms with E-state index in [2.05, 4.69) is 0 Å². The summed E-state index contributed by atoms with van der Waals surface area (Å²) in [6.07, 6.45) is -0.239. The Morgan fingerprint density at radius 1 is 0.872 bits per heavy atom. The molecule has 39 heavy (non-hydrogen) atoms. The highest BCUT2D eigenvalue weighted by Crippen LogP contribution is 2.50. The fourth-order valence-corrected chi connectivity index (χ4v) is 5.79. The number of carbonyl (C=O) groups excluding carboxylic acids is 1. The zero-order valence-corrected chi connectivity index (χ0v) is 22.3. The van der Waals surface area contributed by atoms with E-state index in [-0.39, 0.29) is 23.0 Å². The third-order valence-corrected chi connectivity index (χ3v) is 8.19. The van der Waals surface area contributed by atoms with E-state index in [1.807, 2.05) is 6.07 Å². The topological polar surface area (TPSA) is 115 Å². The third kappa shape index (κ3) is 5.42. The molecule has 1 amide bonds. The number of phenolic OH excluding ortho intramolecular Hbond substituents is 1. The number of amides is 1. The van der Waals surface area contributed by atoms with E-state index < -0.39 is 28.2 Å². The minimum atomic E-state index is -4.55. The van der Waals surface area contributed by atoms with Gasteiger partial charge in [-0.05, 0) is 72.0 Å². The lowest BCUT2D eigenvalue weighted by Crippen LogP contribution is -2.55. The van der Waals surface area contributed by atoms with Crippen LogP contribution in [-0.4, -0.2) is 29.1 Å². The Labute approximate surface area is 231 Å². The molecule has 7 nitrogen and oxygen atoms in total. The number of aromatic hydroxyl groups is 1. The first kappa shape index (κ1) is 26.9. The van der Waals surface area contributed by atoms with Crippen LogP contribution in [0.5, 0.6) is 5.75 Å². The van der Waals surface area contributed by atoms with Crippen molar-refractivity contribution in [2.45, 2.75) is 29.9 Å². The summed E-state index contributed by atoms with van der Waals surface area (Å²) in [6.45, 7) is 0. The molecule has 3 N–H and O–H groups in total. The summed E-state index contributed by atoms with van der Waals surface area (Å²) in [7, 11) is -4.55. The van der Waals surface area contributed by atoms with Crippen LogP contribution in [0.4, 0.5) is 5.69 Å². The molecule has 1 fully saturated rings. The van der Waals surface area contributed by atoms with Crippen molar-refractivity contribution in [3.05, 3.63) is 113 Å². The zero-order valence-electron chi connectivity index (χ0n) is 20.7. The highest BCUT2D eigenvalue weighted by atomic mass is 35.5. The van der Waals surface area contributed by atoms with Gasteiger partial charge in [0.25, 0.3) is 10.1 Å². The zero-order chi connectivity index (χ0) is 27.7. The number of benzene rings is 4. The largest absolute Gasteiger partial charge is 0.507 e. The van der Waals surface area contributed by atoms with Crippen molar-refractivity contribution in [3.8, 4) is 16.9 Å². The molecule has 0 saturated carbocycles. The molecule has 0 unspecified atom stereocenters. The van der Waals surface area contributed by atoms with E-state index in [9.17, 15) is 28.0 Å². The molecule has 200 valence electrons. The van der Waals surface area contributed by atoms with Gasteiger partial charge in [0.15, 0.2) is 0 Å². The van der Waals surface area contributed by atoms with Crippen LogP contribution in [-0.2, 0) is 14.9 Å². The maximum Gasteiger partial charge on any atom is 0.294 e. The Kier molecular flexibility index (Phi) is 7.46. The molecule has 4 aromatic carbocycles. The molecule has 4 aromatic rings. The third-order valence-electron chi connectivity index (χ3n) is 7.09. The van der Waals surface area contributed by atoms with Gasteiger partial charge < -0.3 is 15.1 Å². The molecule has 1 aliphatic rings. The van der Waals surface area contributed by atoms with Gasteiger partial charge in [0, 0.05) is 16.3 Å². The number of halogens is 1. The van der Waals surface area contributed by atoms with Crippen LogP contribution in [0.1, 0.15) is 36.1 Å². The molecule has 0 bridgehead atoms. The molecule has 1 saturated heterocycles. The maximum atomic E-state index is 13.5. The average molecular weight is 564 g/mol. The molecule has 1 heterocycles. The first-order valence-corrected chi connectivity index (χ1v) is 14.2. The van der Waals surface area contributed by atoms with Gasteiger partial charge in [0.1, 0.15) is 5.75 Å². The summed E-state index contributed by atoms with van der Waals surface area (Å²) in [4.78, 5) is 14.8. The van der Waals surface area contributed by atoms with Crippen LogP contribution >= 0.6 is 11.6 Å². The highest BCUT2D eigenvalue weighted by Gasteiger charge is 2.49. The van der Waals surface area contributed by atoms with E-state index in [4.69, 9.17) is 11.6 Å². The second kappa shape index (κ2) is 10.8. The molecule has 5 rings (SSSR count). The van der Waals surface area contributed by atoms with Gasteiger partial charge in [-0.15, -0.1) is 0 Å². The number of carbonyl (C=O) groups is 1. The number of hydrogen-bond acceptors (Lipinski definition) is 5. The summed E-state index contributed by atoms with van der Waals surface area (Å²) in [5.41, 5.74) is 2.75. The maximum absolute atomic E-state index is 13.5. The number of β-lactam (4-membered cyclic amide) rings is 1. The molecular weight excluding hydrogens is 538 g/mol. The number of aliphatic hydroxyl groups excluding tert-OH is 1. The molecule has 1 aliphatic heterocycles. The molecular formula is C30H26ClNO6S. The molecule has 3 atom stereocenters. The Hall–Kier alpha value is -3.69. The van der Waals surface area contributed by atoms with Crippen molar-refractivity contribution in [2.75, 3.05) is 4.90 Å². The van der Waals surface area contributed by atoms with Crippen LogP contribution in [0.3, 0.4) is 0 Å². The van der Waals surface area contributed by atoms with Gasteiger partial charge >= 0.3 is 0 Å². The van der Waals surface area contributed by atoms with Gasteiger partial charge in [0.05, 0.1) is 23.0 Å². The number of nitrogens with zero attached hydrogens (tertiary/aromatic N) is 1. The van der Waals surface area contributed by atoms with E-state index in [1.54, 1.807) is 71.6 Å². The van der Waals surface area contributed by atoms with Crippen LogP contribution < -0.4 is 4.90 Å². The number of rotatable bonds is 8. The fraction of sp³-hybridized carbons (Fsp3) is 0.167. The molecule has 0 spiro atoms. The highest BCUT2D eigenvalue weighted by molar-refractivity contribution is 7.85.